The summed E-state index contributed by atoms with van der Waals surface area (Å²) in [5.41, 5.74) is 1.27. The van der Waals surface area contributed by atoms with Crippen LogP contribution in [-0.2, 0) is 17.2 Å². The second-order valence-electron chi connectivity index (χ2n) is 4.44. The van der Waals surface area contributed by atoms with E-state index in [1.54, 1.807) is 6.26 Å². The molecular weight excluding hydrogens is 262 g/mol. The van der Waals surface area contributed by atoms with Gasteiger partial charge in [0.2, 0.25) is 0 Å². The van der Waals surface area contributed by atoms with Crippen molar-refractivity contribution >= 4 is 10.8 Å². The standard InChI is InChI=1S/C14H23NO3S/c1-3-12-4-6-14(7-5-12)18-11-13(16)10-15-8-9-19(2)17/h4-7,13,15-16H,3,8-11H2,1-2H3. The molecule has 0 bridgehead atoms. The number of aliphatic hydroxyl groups is 1. The summed E-state index contributed by atoms with van der Waals surface area (Å²) >= 11 is 0. The number of aliphatic hydroxyl groups excluding tert-OH is 1. The number of hydrogen-bond donors (Lipinski definition) is 2. The molecule has 5 heteroatoms. The molecule has 0 aliphatic heterocycles. The van der Waals surface area contributed by atoms with Crippen molar-refractivity contribution in [1.29, 1.82) is 0 Å². The summed E-state index contributed by atoms with van der Waals surface area (Å²) in [5.74, 6) is 1.37. The topological polar surface area (TPSA) is 58.6 Å². The molecule has 0 saturated heterocycles. The van der Waals surface area contributed by atoms with Gasteiger partial charge in [0.15, 0.2) is 0 Å². The first-order valence-corrected chi connectivity index (χ1v) is 8.25. The van der Waals surface area contributed by atoms with Crippen LogP contribution in [0, 0.1) is 0 Å². The number of ether oxygens (including phenoxy) is 1. The highest BCUT2D eigenvalue weighted by atomic mass is 32.2. The molecule has 0 aliphatic carbocycles. The highest BCUT2D eigenvalue weighted by Gasteiger charge is 2.05. The molecule has 0 aliphatic rings. The lowest BCUT2D eigenvalue weighted by molar-refractivity contribution is 0.107. The van der Waals surface area contributed by atoms with E-state index in [9.17, 15) is 9.32 Å². The molecule has 0 spiro atoms. The van der Waals surface area contributed by atoms with Gasteiger partial charge in [0.25, 0.3) is 0 Å². The van der Waals surface area contributed by atoms with Gasteiger partial charge in [-0.2, -0.15) is 0 Å². The highest BCUT2D eigenvalue weighted by Crippen LogP contribution is 2.12. The van der Waals surface area contributed by atoms with E-state index in [-0.39, 0.29) is 6.61 Å². The number of hydrogen-bond acceptors (Lipinski definition) is 4. The van der Waals surface area contributed by atoms with Crippen LogP contribution in [0.2, 0.25) is 0 Å². The molecular formula is C14H23NO3S. The molecule has 0 heterocycles. The van der Waals surface area contributed by atoms with Gasteiger partial charge in [-0.25, -0.2) is 0 Å². The van der Waals surface area contributed by atoms with Crippen molar-refractivity contribution in [1.82, 2.24) is 5.32 Å². The maximum absolute atomic E-state index is 10.8. The molecule has 2 atom stereocenters. The molecule has 4 nitrogen and oxygen atoms in total. The molecule has 0 fully saturated rings. The fourth-order valence-electron chi connectivity index (χ4n) is 1.56. The third-order valence-electron chi connectivity index (χ3n) is 2.72. The Morgan fingerprint density at radius 1 is 1.37 bits per heavy atom. The zero-order valence-corrected chi connectivity index (χ0v) is 12.4. The predicted molar refractivity (Wildman–Crippen MR) is 79.1 cm³/mol. The van der Waals surface area contributed by atoms with E-state index in [0.29, 0.717) is 18.8 Å². The first-order chi connectivity index (χ1) is 9.11. The summed E-state index contributed by atoms with van der Waals surface area (Å²) in [5, 5.41) is 12.8. The van der Waals surface area contributed by atoms with Crippen LogP contribution < -0.4 is 10.1 Å². The van der Waals surface area contributed by atoms with E-state index in [4.69, 9.17) is 4.74 Å². The molecule has 1 aromatic carbocycles. The average Bonchev–Trinajstić information content (AvgIpc) is 2.41. The van der Waals surface area contributed by atoms with Crippen molar-refractivity contribution in [3.63, 3.8) is 0 Å². The first kappa shape index (κ1) is 16.1. The van der Waals surface area contributed by atoms with Crippen LogP contribution in [0.25, 0.3) is 0 Å². The van der Waals surface area contributed by atoms with E-state index >= 15 is 0 Å². The quantitative estimate of drug-likeness (QED) is 0.664. The number of rotatable bonds is 9. The third kappa shape index (κ3) is 7.30. The lowest BCUT2D eigenvalue weighted by Gasteiger charge is -2.13. The van der Waals surface area contributed by atoms with Gasteiger partial charge < -0.3 is 15.2 Å². The highest BCUT2D eigenvalue weighted by molar-refractivity contribution is 7.84. The van der Waals surface area contributed by atoms with Gasteiger partial charge in [0, 0.05) is 35.9 Å². The molecule has 1 aromatic rings. The molecule has 0 amide bonds. The van der Waals surface area contributed by atoms with E-state index in [1.165, 1.54) is 5.56 Å². The Labute approximate surface area is 117 Å². The minimum absolute atomic E-state index is 0.258. The second-order valence-corrected chi connectivity index (χ2v) is 6.00. The Hall–Kier alpha value is -0.910. The van der Waals surface area contributed by atoms with Crippen LogP contribution >= 0.6 is 0 Å². The molecule has 19 heavy (non-hydrogen) atoms. The molecule has 0 aromatic heterocycles. The number of nitrogens with one attached hydrogen (secondary N) is 1. The summed E-state index contributed by atoms with van der Waals surface area (Å²) in [6, 6.07) is 7.88. The predicted octanol–water partition coefficient (Wildman–Crippen LogP) is 0.957. The minimum Gasteiger partial charge on any atom is -0.491 e. The monoisotopic (exact) mass is 285 g/mol. The van der Waals surface area contributed by atoms with Crippen molar-refractivity contribution in [2.45, 2.75) is 19.4 Å². The normalized spacial score (nSPS) is 14.1. The summed E-state index contributed by atoms with van der Waals surface area (Å²) in [4.78, 5) is 0. The Balaban J connectivity index is 2.18. The average molecular weight is 285 g/mol. The van der Waals surface area contributed by atoms with Crippen LogP contribution in [0.3, 0.4) is 0 Å². The molecule has 0 radical (unpaired) electrons. The van der Waals surface area contributed by atoms with Gasteiger partial charge >= 0.3 is 0 Å². The smallest absolute Gasteiger partial charge is 0.119 e. The first-order valence-electron chi connectivity index (χ1n) is 6.52. The van der Waals surface area contributed by atoms with Crippen LogP contribution in [-0.4, -0.2) is 47.1 Å². The molecule has 0 saturated carbocycles. The maximum atomic E-state index is 10.8. The summed E-state index contributed by atoms with van der Waals surface area (Å²) in [6.07, 6.45) is 2.11. The van der Waals surface area contributed by atoms with Crippen molar-refractivity contribution in [3.05, 3.63) is 29.8 Å². The van der Waals surface area contributed by atoms with Crippen LogP contribution in [0.4, 0.5) is 0 Å². The van der Waals surface area contributed by atoms with Crippen molar-refractivity contribution in [2.24, 2.45) is 0 Å². The van der Waals surface area contributed by atoms with E-state index in [2.05, 4.69) is 12.2 Å². The van der Waals surface area contributed by atoms with E-state index in [1.807, 2.05) is 24.3 Å². The van der Waals surface area contributed by atoms with E-state index in [0.717, 1.165) is 12.2 Å². The van der Waals surface area contributed by atoms with Gasteiger partial charge in [0.1, 0.15) is 18.5 Å². The van der Waals surface area contributed by atoms with Crippen LogP contribution in [0.5, 0.6) is 5.75 Å². The van der Waals surface area contributed by atoms with E-state index < -0.39 is 16.9 Å². The molecule has 2 unspecified atom stereocenters. The largest absolute Gasteiger partial charge is 0.491 e. The zero-order chi connectivity index (χ0) is 14.1. The van der Waals surface area contributed by atoms with Gasteiger partial charge in [-0.3, -0.25) is 4.21 Å². The lowest BCUT2D eigenvalue weighted by atomic mass is 10.2. The lowest BCUT2D eigenvalue weighted by Crippen LogP contribution is -2.33. The number of aryl methyl sites for hydroxylation is 1. The van der Waals surface area contributed by atoms with Gasteiger partial charge in [-0.1, -0.05) is 19.1 Å². The Morgan fingerprint density at radius 3 is 2.63 bits per heavy atom. The van der Waals surface area contributed by atoms with Crippen molar-refractivity contribution < 1.29 is 14.1 Å². The number of benzene rings is 1. The fraction of sp³-hybridized carbons (Fsp3) is 0.571. The third-order valence-corrected chi connectivity index (χ3v) is 3.50. The van der Waals surface area contributed by atoms with Crippen LogP contribution in [0.15, 0.2) is 24.3 Å². The van der Waals surface area contributed by atoms with Crippen LogP contribution in [0.1, 0.15) is 12.5 Å². The molecule has 108 valence electrons. The summed E-state index contributed by atoms with van der Waals surface area (Å²) < 4.78 is 16.3. The second kappa shape index (κ2) is 9.07. The SMILES string of the molecule is CCc1ccc(OCC(O)CNCCS(C)=O)cc1. The Morgan fingerprint density at radius 2 is 2.05 bits per heavy atom. The Kier molecular flexibility index (Phi) is 7.70. The Bertz CT molecular complexity index is 381. The molecule has 1 rings (SSSR count). The maximum Gasteiger partial charge on any atom is 0.119 e. The fourth-order valence-corrected chi connectivity index (χ4v) is 1.99. The minimum atomic E-state index is -0.792. The zero-order valence-electron chi connectivity index (χ0n) is 11.6. The summed E-state index contributed by atoms with van der Waals surface area (Å²) in [7, 11) is -0.792. The van der Waals surface area contributed by atoms with Gasteiger partial charge in [0.05, 0.1) is 0 Å². The summed E-state index contributed by atoms with van der Waals surface area (Å²) in [6.45, 7) is 3.46. The van der Waals surface area contributed by atoms with Crippen molar-refractivity contribution in [3.8, 4) is 5.75 Å². The van der Waals surface area contributed by atoms with Gasteiger partial charge in [-0.15, -0.1) is 0 Å². The molecule has 2 N–H and O–H groups in total. The van der Waals surface area contributed by atoms with Gasteiger partial charge in [-0.05, 0) is 24.1 Å². The van der Waals surface area contributed by atoms with Crippen molar-refractivity contribution in [2.75, 3.05) is 31.7 Å².